The second kappa shape index (κ2) is 6.33. The van der Waals surface area contributed by atoms with Crippen LogP contribution in [0.2, 0.25) is 5.28 Å². The molecule has 1 saturated heterocycles. The van der Waals surface area contributed by atoms with Gasteiger partial charge in [-0.05, 0) is 23.7 Å². The number of ether oxygens (including phenoxy) is 1. The summed E-state index contributed by atoms with van der Waals surface area (Å²) in [4.78, 5) is 15.0. The monoisotopic (exact) mass is 347 g/mol. The van der Waals surface area contributed by atoms with Gasteiger partial charge in [0.05, 0.1) is 24.2 Å². The largest absolute Gasteiger partial charge is 0.378 e. The molecule has 0 bridgehead atoms. The molecule has 3 aromatic rings. The summed E-state index contributed by atoms with van der Waals surface area (Å²) in [5.74, 6) is 1.51. The van der Waals surface area contributed by atoms with Gasteiger partial charge in [0.2, 0.25) is 5.28 Å². The van der Waals surface area contributed by atoms with Crippen LogP contribution in [0.4, 0.5) is 10.2 Å². The molecule has 124 valence electrons. The lowest BCUT2D eigenvalue weighted by Gasteiger charge is -2.28. The first-order valence-corrected chi connectivity index (χ1v) is 8.04. The van der Waals surface area contributed by atoms with E-state index >= 15 is 0 Å². The summed E-state index contributed by atoms with van der Waals surface area (Å²) in [6, 6.07) is 9.29. The number of morpholine rings is 1. The molecular weight excluding hydrogens is 333 g/mol. The summed E-state index contributed by atoms with van der Waals surface area (Å²) in [7, 11) is 0. The number of nitrogens with zero attached hydrogens (tertiary/aromatic N) is 5. The number of benzene rings is 1. The zero-order chi connectivity index (χ0) is 16.5. The highest BCUT2D eigenvalue weighted by atomic mass is 35.5. The topological polar surface area (TPSA) is 56.1 Å². The minimum atomic E-state index is -0.691. The van der Waals surface area contributed by atoms with Crippen molar-refractivity contribution in [2.24, 2.45) is 0 Å². The van der Waals surface area contributed by atoms with Crippen LogP contribution in [0, 0.1) is 0 Å². The maximum atomic E-state index is 13.5. The summed E-state index contributed by atoms with van der Waals surface area (Å²) < 4.78 is 20.5. The van der Waals surface area contributed by atoms with Crippen molar-refractivity contribution in [1.82, 2.24) is 19.5 Å². The Balaban J connectivity index is 1.86. The van der Waals surface area contributed by atoms with E-state index in [0.717, 1.165) is 18.6 Å². The number of aromatic nitrogens is 4. The molecule has 0 spiro atoms. The van der Waals surface area contributed by atoms with E-state index in [0.29, 0.717) is 36.2 Å². The zero-order valence-corrected chi connectivity index (χ0v) is 13.6. The van der Waals surface area contributed by atoms with Crippen molar-refractivity contribution in [2.75, 3.05) is 31.2 Å². The molecule has 0 saturated carbocycles. The molecule has 0 N–H and O–H groups in total. The first kappa shape index (κ1) is 15.3. The van der Waals surface area contributed by atoms with E-state index in [-0.39, 0.29) is 5.28 Å². The van der Waals surface area contributed by atoms with Crippen LogP contribution in [0.25, 0.3) is 16.9 Å². The molecule has 6 nitrogen and oxygen atoms in total. The van der Waals surface area contributed by atoms with Gasteiger partial charge in [-0.1, -0.05) is 12.1 Å². The molecule has 1 aromatic carbocycles. The Morgan fingerprint density at radius 2 is 1.83 bits per heavy atom. The number of imidazole rings is 1. The lowest BCUT2D eigenvalue weighted by molar-refractivity contribution is 0.122. The first-order valence-electron chi connectivity index (χ1n) is 7.66. The van der Waals surface area contributed by atoms with Gasteiger partial charge in [0.15, 0.2) is 0 Å². The molecule has 0 atom stereocenters. The van der Waals surface area contributed by atoms with Crippen molar-refractivity contribution in [3.05, 3.63) is 41.4 Å². The van der Waals surface area contributed by atoms with Gasteiger partial charge in [0.1, 0.15) is 24.1 Å². The van der Waals surface area contributed by atoms with Gasteiger partial charge in [-0.2, -0.15) is 4.98 Å². The van der Waals surface area contributed by atoms with E-state index < -0.39 is 6.67 Å². The quantitative estimate of drug-likeness (QED) is 0.682. The van der Waals surface area contributed by atoms with Gasteiger partial charge in [0, 0.05) is 19.2 Å². The lowest BCUT2D eigenvalue weighted by atomic mass is 10.3. The highest BCUT2D eigenvalue weighted by Gasteiger charge is 2.18. The fourth-order valence-electron chi connectivity index (χ4n) is 2.88. The predicted molar refractivity (Wildman–Crippen MR) is 89.5 cm³/mol. The van der Waals surface area contributed by atoms with Crippen LogP contribution in [-0.2, 0) is 11.4 Å². The maximum absolute atomic E-state index is 13.5. The third-order valence-electron chi connectivity index (χ3n) is 3.99. The molecule has 0 aliphatic carbocycles. The fraction of sp³-hybridized carbons (Fsp3) is 0.312. The third kappa shape index (κ3) is 2.70. The van der Waals surface area contributed by atoms with Crippen LogP contribution in [0.1, 0.15) is 5.82 Å². The molecule has 0 amide bonds. The third-order valence-corrected chi connectivity index (χ3v) is 4.15. The van der Waals surface area contributed by atoms with Crippen molar-refractivity contribution in [3.8, 4) is 5.82 Å². The molecule has 1 aliphatic heterocycles. The van der Waals surface area contributed by atoms with E-state index in [1.165, 1.54) is 0 Å². The number of anilines is 1. The van der Waals surface area contributed by atoms with Gasteiger partial charge < -0.3 is 9.64 Å². The highest BCUT2D eigenvalue weighted by Crippen LogP contribution is 2.25. The first-order chi connectivity index (χ1) is 11.8. The Morgan fingerprint density at radius 1 is 1.08 bits per heavy atom. The van der Waals surface area contributed by atoms with Crippen molar-refractivity contribution >= 4 is 28.5 Å². The molecule has 0 unspecified atom stereocenters. The van der Waals surface area contributed by atoms with Crippen LogP contribution < -0.4 is 4.90 Å². The normalized spacial score (nSPS) is 15.2. The number of fused-ring (bicyclic) bond motifs is 1. The SMILES string of the molecule is FCc1nc2ccccc2n1-c1cc(N2CCOCC2)nc(Cl)n1. The molecule has 1 aliphatic rings. The molecule has 4 rings (SSSR count). The summed E-state index contributed by atoms with van der Waals surface area (Å²) in [5.41, 5.74) is 1.50. The standard InChI is InChI=1S/C16H15ClFN5O/c17-16-20-13(22-5-7-24-8-6-22)9-14(21-16)23-12-4-2-1-3-11(12)19-15(23)10-18/h1-4,9H,5-8,10H2. The number of hydrogen-bond donors (Lipinski definition) is 0. The van der Waals surface area contributed by atoms with Gasteiger partial charge in [0.25, 0.3) is 0 Å². The second-order valence-corrected chi connectivity index (χ2v) is 5.78. The second-order valence-electron chi connectivity index (χ2n) is 5.44. The molecule has 8 heteroatoms. The number of rotatable bonds is 3. The average Bonchev–Trinajstić information content (AvgIpc) is 3.00. The van der Waals surface area contributed by atoms with Crippen molar-refractivity contribution < 1.29 is 9.13 Å². The lowest BCUT2D eigenvalue weighted by Crippen LogP contribution is -2.36. The Bertz CT molecular complexity index is 878. The smallest absolute Gasteiger partial charge is 0.226 e. The number of halogens is 2. The average molecular weight is 348 g/mol. The minimum absolute atomic E-state index is 0.122. The van der Waals surface area contributed by atoms with E-state index in [4.69, 9.17) is 16.3 Å². The van der Waals surface area contributed by atoms with Gasteiger partial charge in [-0.25, -0.2) is 14.4 Å². The minimum Gasteiger partial charge on any atom is -0.378 e. The van der Waals surface area contributed by atoms with Crippen molar-refractivity contribution in [1.29, 1.82) is 0 Å². The molecule has 0 radical (unpaired) electrons. The molecule has 24 heavy (non-hydrogen) atoms. The molecule has 1 fully saturated rings. The van der Waals surface area contributed by atoms with Crippen LogP contribution in [-0.4, -0.2) is 45.8 Å². The van der Waals surface area contributed by atoms with Gasteiger partial charge in [-0.3, -0.25) is 4.57 Å². The number of hydrogen-bond acceptors (Lipinski definition) is 5. The Kier molecular flexibility index (Phi) is 4.03. The van der Waals surface area contributed by atoms with E-state index in [2.05, 4.69) is 19.9 Å². The number of para-hydroxylation sites is 2. The zero-order valence-electron chi connectivity index (χ0n) is 12.8. The molecule has 2 aromatic heterocycles. The van der Waals surface area contributed by atoms with Crippen molar-refractivity contribution in [3.63, 3.8) is 0 Å². The Hall–Kier alpha value is -2.25. The van der Waals surface area contributed by atoms with Crippen LogP contribution in [0.3, 0.4) is 0 Å². The van der Waals surface area contributed by atoms with Crippen LogP contribution >= 0.6 is 11.6 Å². The predicted octanol–water partition coefficient (Wildman–Crippen LogP) is 2.78. The fourth-order valence-corrected chi connectivity index (χ4v) is 3.06. The summed E-state index contributed by atoms with van der Waals surface area (Å²) >= 11 is 6.13. The highest BCUT2D eigenvalue weighted by molar-refractivity contribution is 6.28. The summed E-state index contributed by atoms with van der Waals surface area (Å²) in [6.45, 7) is 2.05. The number of alkyl halides is 1. The van der Waals surface area contributed by atoms with Gasteiger partial charge in [-0.15, -0.1) is 0 Å². The van der Waals surface area contributed by atoms with Crippen LogP contribution in [0.15, 0.2) is 30.3 Å². The molecular formula is C16H15ClFN5O. The Labute approximate surface area is 142 Å². The van der Waals surface area contributed by atoms with E-state index in [9.17, 15) is 4.39 Å². The Morgan fingerprint density at radius 3 is 2.62 bits per heavy atom. The van der Waals surface area contributed by atoms with Crippen LogP contribution in [0.5, 0.6) is 0 Å². The van der Waals surface area contributed by atoms with E-state index in [1.807, 2.05) is 30.3 Å². The molecule has 3 heterocycles. The van der Waals surface area contributed by atoms with Crippen molar-refractivity contribution in [2.45, 2.75) is 6.67 Å². The van der Waals surface area contributed by atoms with Gasteiger partial charge >= 0.3 is 0 Å². The summed E-state index contributed by atoms with van der Waals surface area (Å²) in [5, 5.41) is 0.122. The van der Waals surface area contributed by atoms with E-state index in [1.54, 1.807) is 4.57 Å². The summed E-state index contributed by atoms with van der Waals surface area (Å²) in [6.07, 6.45) is 0. The maximum Gasteiger partial charge on any atom is 0.226 e.